The predicted octanol–water partition coefficient (Wildman–Crippen LogP) is 4.13. The molecule has 1 amide bonds. The number of nitro benzene ring substituents is 1. The van der Waals surface area contributed by atoms with Crippen molar-refractivity contribution in [2.24, 2.45) is 0 Å². The summed E-state index contributed by atoms with van der Waals surface area (Å²) in [5.41, 5.74) is 0.241. The van der Waals surface area contributed by atoms with Crippen LogP contribution in [0.3, 0.4) is 0 Å². The Balaban J connectivity index is 1.74. The SMILES string of the molecule is COc1ccc(Cl)cc1N(CC(=O)Nc1ccc2c(c1)OCO2)S(=O)(=O)c1ccc(C)c([N+](=O)[O-])c1. The minimum atomic E-state index is -4.49. The molecule has 3 aromatic carbocycles. The number of aryl methyl sites for hydroxylation is 1. The maximum absolute atomic E-state index is 13.7. The highest BCUT2D eigenvalue weighted by Crippen LogP contribution is 2.37. The number of benzene rings is 3. The Morgan fingerprint density at radius 3 is 2.61 bits per heavy atom. The minimum Gasteiger partial charge on any atom is -0.495 e. The van der Waals surface area contributed by atoms with E-state index in [2.05, 4.69) is 5.32 Å². The van der Waals surface area contributed by atoms with E-state index in [0.29, 0.717) is 17.2 Å². The second-order valence-corrected chi connectivity index (χ2v) is 9.95. The Morgan fingerprint density at radius 2 is 1.89 bits per heavy atom. The van der Waals surface area contributed by atoms with E-state index in [9.17, 15) is 23.3 Å². The number of anilines is 2. The number of rotatable bonds is 8. The van der Waals surface area contributed by atoms with Gasteiger partial charge in [0, 0.05) is 28.4 Å². The van der Waals surface area contributed by atoms with Crippen molar-refractivity contribution in [3.8, 4) is 17.2 Å². The van der Waals surface area contributed by atoms with Crippen LogP contribution < -0.4 is 23.8 Å². The van der Waals surface area contributed by atoms with Crippen molar-refractivity contribution in [2.75, 3.05) is 30.1 Å². The van der Waals surface area contributed by atoms with E-state index in [0.717, 1.165) is 10.4 Å². The summed E-state index contributed by atoms with van der Waals surface area (Å²) in [6.45, 7) is 0.857. The van der Waals surface area contributed by atoms with Crippen LogP contribution in [-0.2, 0) is 14.8 Å². The number of sulfonamides is 1. The van der Waals surface area contributed by atoms with Gasteiger partial charge in [0.1, 0.15) is 12.3 Å². The van der Waals surface area contributed by atoms with Crippen molar-refractivity contribution in [1.82, 2.24) is 0 Å². The largest absolute Gasteiger partial charge is 0.495 e. The molecule has 0 atom stereocenters. The molecule has 11 nitrogen and oxygen atoms in total. The van der Waals surface area contributed by atoms with Crippen molar-refractivity contribution in [1.29, 1.82) is 0 Å². The van der Waals surface area contributed by atoms with E-state index in [-0.39, 0.29) is 39.4 Å². The fourth-order valence-electron chi connectivity index (χ4n) is 3.54. The molecule has 1 N–H and O–H groups in total. The molecule has 1 heterocycles. The van der Waals surface area contributed by atoms with Gasteiger partial charge in [-0.2, -0.15) is 0 Å². The highest BCUT2D eigenvalue weighted by Gasteiger charge is 2.31. The normalized spacial score (nSPS) is 12.2. The van der Waals surface area contributed by atoms with Gasteiger partial charge in [0.2, 0.25) is 12.7 Å². The molecule has 4 rings (SSSR count). The second kappa shape index (κ2) is 9.91. The first-order valence-electron chi connectivity index (χ1n) is 10.4. The smallest absolute Gasteiger partial charge is 0.273 e. The van der Waals surface area contributed by atoms with Gasteiger partial charge in [-0.15, -0.1) is 0 Å². The third-order valence-electron chi connectivity index (χ3n) is 5.32. The van der Waals surface area contributed by atoms with E-state index >= 15 is 0 Å². The molecule has 0 saturated carbocycles. The third-order valence-corrected chi connectivity index (χ3v) is 7.31. The average molecular weight is 534 g/mol. The molecule has 0 radical (unpaired) electrons. The van der Waals surface area contributed by atoms with Crippen LogP contribution in [0.15, 0.2) is 59.5 Å². The Hall–Kier alpha value is -4.03. The Bertz CT molecular complexity index is 1460. The van der Waals surface area contributed by atoms with Crippen LogP contribution in [0.5, 0.6) is 17.2 Å². The summed E-state index contributed by atoms with van der Waals surface area (Å²) >= 11 is 6.13. The van der Waals surface area contributed by atoms with Gasteiger partial charge in [-0.25, -0.2) is 8.42 Å². The molecule has 0 spiro atoms. The predicted molar refractivity (Wildman–Crippen MR) is 132 cm³/mol. The van der Waals surface area contributed by atoms with E-state index < -0.39 is 27.4 Å². The molecule has 188 valence electrons. The van der Waals surface area contributed by atoms with E-state index in [1.54, 1.807) is 18.2 Å². The number of carbonyl (C=O) groups excluding carboxylic acids is 1. The molecule has 0 unspecified atom stereocenters. The van der Waals surface area contributed by atoms with Gasteiger partial charge in [0.05, 0.1) is 22.6 Å². The Kier molecular flexibility index (Phi) is 6.91. The molecule has 0 saturated heterocycles. The fraction of sp³-hybridized carbons (Fsp3) is 0.174. The number of nitro groups is 1. The van der Waals surface area contributed by atoms with Crippen LogP contribution in [0.25, 0.3) is 0 Å². The number of methoxy groups -OCH3 is 1. The quantitative estimate of drug-likeness (QED) is 0.337. The lowest BCUT2D eigenvalue weighted by Gasteiger charge is -2.26. The zero-order valence-electron chi connectivity index (χ0n) is 19.1. The van der Waals surface area contributed by atoms with E-state index in [1.807, 2.05) is 0 Å². The summed E-state index contributed by atoms with van der Waals surface area (Å²) in [6, 6.07) is 12.5. The van der Waals surface area contributed by atoms with Crippen LogP contribution >= 0.6 is 11.6 Å². The Morgan fingerprint density at radius 1 is 1.14 bits per heavy atom. The van der Waals surface area contributed by atoms with E-state index in [1.165, 1.54) is 44.4 Å². The molecule has 3 aromatic rings. The maximum Gasteiger partial charge on any atom is 0.273 e. The van der Waals surface area contributed by atoms with E-state index in [4.69, 9.17) is 25.8 Å². The van der Waals surface area contributed by atoms with Gasteiger partial charge in [0.25, 0.3) is 15.7 Å². The van der Waals surface area contributed by atoms with Crippen LogP contribution in [0.2, 0.25) is 5.02 Å². The van der Waals surface area contributed by atoms with Crippen LogP contribution in [0, 0.1) is 17.0 Å². The molecule has 0 fully saturated rings. The highest BCUT2D eigenvalue weighted by molar-refractivity contribution is 7.92. The summed E-state index contributed by atoms with van der Waals surface area (Å²) in [5, 5.41) is 14.2. The van der Waals surface area contributed by atoms with Gasteiger partial charge in [-0.1, -0.05) is 17.7 Å². The van der Waals surface area contributed by atoms with Gasteiger partial charge in [0.15, 0.2) is 11.5 Å². The molecular weight excluding hydrogens is 514 g/mol. The number of fused-ring (bicyclic) bond motifs is 1. The molecule has 0 aliphatic carbocycles. The van der Waals surface area contributed by atoms with Crippen LogP contribution in [0.4, 0.5) is 17.1 Å². The number of amides is 1. The van der Waals surface area contributed by atoms with Crippen molar-refractivity contribution in [3.63, 3.8) is 0 Å². The third kappa shape index (κ3) is 4.99. The van der Waals surface area contributed by atoms with Crippen molar-refractivity contribution < 1.29 is 32.3 Å². The van der Waals surface area contributed by atoms with Crippen LogP contribution in [-0.4, -0.2) is 39.7 Å². The molecule has 13 heteroatoms. The molecule has 0 aromatic heterocycles. The Labute approximate surface area is 211 Å². The lowest BCUT2D eigenvalue weighted by Crippen LogP contribution is -2.38. The highest BCUT2D eigenvalue weighted by atomic mass is 35.5. The monoisotopic (exact) mass is 533 g/mol. The molecule has 0 bridgehead atoms. The molecular formula is C23H20ClN3O8S. The zero-order valence-corrected chi connectivity index (χ0v) is 20.6. The molecule has 1 aliphatic rings. The zero-order chi connectivity index (χ0) is 26.0. The number of hydrogen-bond donors (Lipinski definition) is 1. The number of ether oxygens (including phenoxy) is 3. The summed E-state index contributed by atoms with van der Waals surface area (Å²) in [7, 11) is -3.15. The number of nitrogens with zero attached hydrogens (tertiary/aromatic N) is 2. The second-order valence-electron chi connectivity index (χ2n) is 7.65. The van der Waals surface area contributed by atoms with Crippen molar-refractivity contribution in [2.45, 2.75) is 11.8 Å². The van der Waals surface area contributed by atoms with Gasteiger partial charge >= 0.3 is 0 Å². The average Bonchev–Trinajstić information content (AvgIpc) is 3.30. The van der Waals surface area contributed by atoms with Crippen molar-refractivity contribution >= 4 is 44.6 Å². The minimum absolute atomic E-state index is 0.0194. The summed E-state index contributed by atoms with van der Waals surface area (Å²) in [6.07, 6.45) is 0. The lowest BCUT2D eigenvalue weighted by molar-refractivity contribution is -0.385. The van der Waals surface area contributed by atoms with Gasteiger partial charge < -0.3 is 19.5 Å². The van der Waals surface area contributed by atoms with Crippen molar-refractivity contribution in [3.05, 3.63) is 75.3 Å². The van der Waals surface area contributed by atoms with Crippen LogP contribution in [0.1, 0.15) is 5.56 Å². The van der Waals surface area contributed by atoms with Gasteiger partial charge in [-0.05, 0) is 43.3 Å². The first-order valence-corrected chi connectivity index (χ1v) is 12.2. The molecule has 1 aliphatic heterocycles. The first kappa shape index (κ1) is 25.1. The summed E-state index contributed by atoms with van der Waals surface area (Å²) in [4.78, 5) is 23.4. The summed E-state index contributed by atoms with van der Waals surface area (Å²) in [5.74, 6) is 0.379. The molecule has 36 heavy (non-hydrogen) atoms. The number of carbonyl (C=O) groups is 1. The first-order chi connectivity index (χ1) is 17.1. The lowest BCUT2D eigenvalue weighted by atomic mass is 10.2. The standard InChI is InChI=1S/C23H20ClN3O8S/c1-14-3-6-17(11-18(14)27(29)30)36(31,32)26(19-9-15(24)4-7-20(19)33-2)12-23(28)25-16-5-8-21-22(10-16)35-13-34-21/h3-11H,12-13H2,1-2H3,(H,25,28). The maximum atomic E-state index is 13.7. The van der Waals surface area contributed by atoms with Gasteiger partial charge in [-0.3, -0.25) is 19.2 Å². The number of nitrogens with one attached hydrogen (secondary N) is 1. The summed E-state index contributed by atoms with van der Waals surface area (Å²) < 4.78 is 44.1. The number of hydrogen-bond acceptors (Lipinski definition) is 8. The topological polar surface area (TPSA) is 137 Å². The number of halogens is 1. The fourth-order valence-corrected chi connectivity index (χ4v) is 5.15.